The third-order valence-corrected chi connectivity index (χ3v) is 6.55. The van der Waals surface area contributed by atoms with E-state index in [2.05, 4.69) is 27.6 Å². The standard InChI is InChI=1S/C19H20N3O2PS/c1-11-6-16(17(22-8-11)12-4-3-5-21-9-12)26-19-18(23-2)13(20)7-14(24-19)15-10-25-15/h4,6,8-9,13,18-19,25H,7,10,20H2,1-2H3. The number of aromatic nitrogens is 1. The van der Waals surface area contributed by atoms with E-state index in [1.165, 1.54) is 5.31 Å². The number of nitrogens with two attached hydrogens (primary N) is 1. The third-order valence-electron chi connectivity index (χ3n) is 4.40. The van der Waals surface area contributed by atoms with Crippen molar-refractivity contribution in [2.45, 2.75) is 35.8 Å². The van der Waals surface area contributed by atoms with Crippen LogP contribution in [0, 0.1) is 6.92 Å². The van der Waals surface area contributed by atoms with Crippen molar-refractivity contribution >= 4 is 31.8 Å². The molecule has 0 bridgehead atoms. The molecule has 0 radical (unpaired) electrons. The van der Waals surface area contributed by atoms with Gasteiger partial charge in [0.15, 0.2) is 5.44 Å². The summed E-state index contributed by atoms with van der Waals surface area (Å²) in [6.45, 7) is 2.03. The number of aliphatic imine (C=N–C) groups is 1. The van der Waals surface area contributed by atoms with E-state index < -0.39 is 0 Å². The number of methoxy groups -OCH3 is 1. The number of aryl methyl sites for hydroxylation is 1. The Morgan fingerprint density at radius 3 is 3.00 bits per heavy atom. The average Bonchev–Trinajstić information content (AvgIpc) is 3.47. The summed E-state index contributed by atoms with van der Waals surface area (Å²) in [5.74, 6) is 3.75. The second kappa shape index (κ2) is 7.54. The number of hydrogen-bond donors (Lipinski definition) is 1. The highest BCUT2D eigenvalue weighted by Crippen LogP contribution is 2.50. The lowest BCUT2D eigenvalue weighted by molar-refractivity contribution is -0.0291. The maximum Gasteiger partial charge on any atom is 0.176 e. The topological polar surface area (TPSA) is 69.7 Å². The van der Waals surface area contributed by atoms with Crippen molar-refractivity contribution < 1.29 is 9.47 Å². The number of thioether (sulfide) groups is 1. The lowest BCUT2D eigenvalue weighted by atomic mass is 10.0. The fourth-order valence-corrected chi connectivity index (χ4v) is 5.03. The summed E-state index contributed by atoms with van der Waals surface area (Å²) < 4.78 is 12.0. The maximum absolute atomic E-state index is 6.38. The molecule has 3 aliphatic rings. The van der Waals surface area contributed by atoms with Crippen LogP contribution >= 0.6 is 20.3 Å². The van der Waals surface area contributed by atoms with Gasteiger partial charge in [0.05, 0.1) is 5.69 Å². The first kappa shape index (κ1) is 17.8. The summed E-state index contributed by atoms with van der Waals surface area (Å²) >= 11 is 1.61. The van der Waals surface area contributed by atoms with E-state index in [9.17, 15) is 0 Å². The number of rotatable bonds is 4. The van der Waals surface area contributed by atoms with Gasteiger partial charge in [0.1, 0.15) is 11.9 Å². The molecule has 4 heterocycles. The van der Waals surface area contributed by atoms with Crippen LogP contribution in [-0.4, -0.2) is 41.7 Å². The zero-order valence-corrected chi connectivity index (χ0v) is 16.5. The summed E-state index contributed by atoms with van der Waals surface area (Å²) in [5, 5.41) is 1.42. The van der Waals surface area contributed by atoms with E-state index in [0.29, 0.717) is 0 Å². The number of allylic oxidation sites excluding steroid dienone is 3. The Balaban J connectivity index is 1.66. The number of ether oxygens (including phenoxy) is 2. The molecule has 4 rings (SSSR count). The predicted octanol–water partition coefficient (Wildman–Crippen LogP) is 3.21. The highest BCUT2D eigenvalue weighted by molar-refractivity contribution is 8.00. The largest absolute Gasteiger partial charge is 0.481 e. The molecule has 0 saturated carbocycles. The molecule has 3 aliphatic heterocycles. The van der Waals surface area contributed by atoms with Gasteiger partial charge in [0.2, 0.25) is 0 Å². The molecule has 0 amide bonds. The summed E-state index contributed by atoms with van der Waals surface area (Å²) in [5.41, 5.74) is 11.9. The number of nitrogens with zero attached hydrogens (tertiary/aromatic N) is 2. The van der Waals surface area contributed by atoms with E-state index in [0.717, 1.165) is 48.6 Å². The molecule has 1 aromatic heterocycles. The van der Waals surface area contributed by atoms with Gasteiger partial charge in [0, 0.05) is 54.4 Å². The van der Waals surface area contributed by atoms with Gasteiger partial charge in [-0.25, -0.2) is 4.99 Å². The highest BCUT2D eigenvalue weighted by Gasteiger charge is 2.39. The molecule has 2 N–H and O–H groups in total. The van der Waals surface area contributed by atoms with Crippen molar-refractivity contribution in [2.75, 3.05) is 13.3 Å². The van der Waals surface area contributed by atoms with Gasteiger partial charge in [-0.1, -0.05) is 20.3 Å². The number of hydrogen-bond acceptors (Lipinski definition) is 6. The van der Waals surface area contributed by atoms with Crippen LogP contribution in [0.4, 0.5) is 0 Å². The lowest BCUT2D eigenvalue weighted by Gasteiger charge is -2.36. The van der Waals surface area contributed by atoms with Gasteiger partial charge >= 0.3 is 0 Å². The highest BCUT2D eigenvalue weighted by atomic mass is 32.2. The molecule has 4 unspecified atom stereocenters. The predicted molar refractivity (Wildman–Crippen MR) is 107 cm³/mol. The van der Waals surface area contributed by atoms with Crippen molar-refractivity contribution in [3.63, 3.8) is 0 Å². The molecule has 134 valence electrons. The van der Waals surface area contributed by atoms with Gasteiger partial charge < -0.3 is 15.2 Å². The second-order valence-electron chi connectivity index (χ2n) is 6.40. The molecule has 7 heteroatoms. The first-order valence-electron chi connectivity index (χ1n) is 8.44. The fourth-order valence-electron chi connectivity index (χ4n) is 2.99. The molecular weight excluding hydrogens is 365 g/mol. The molecule has 0 spiro atoms. The normalized spacial score (nSPS) is 30.4. The number of pyridine rings is 1. The molecule has 0 aliphatic carbocycles. The Bertz CT molecular complexity index is 892. The second-order valence-corrected chi connectivity index (χ2v) is 8.85. The summed E-state index contributed by atoms with van der Waals surface area (Å²) in [7, 11) is 2.58. The van der Waals surface area contributed by atoms with Crippen LogP contribution in [0.3, 0.4) is 0 Å². The van der Waals surface area contributed by atoms with Crippen LogP contribution in [0.2, 0.25) is 0 Å². The van der Waals surface area contributed by atoms with Crippen LogP contribution in [0.5, 0.6) is 0 Å². The summed E-state index contributed by atoms with van der Waals surface area (Å²) in [4.78, 5) is 9.69. The smallest absolute Gasteiger partial charge is 0.176 e. The molecule has 5 nitrogen and oxygen atoms in total. The van der Waals surface area contributed by atoms with Gasteiger partial charge in [0.25, 0.3) is 0 Å². The monoisotopic (exact) mass is 385 g/mol. The van der Waals surface area contributed by atoms with Crippen LogP contribution in [-0.2, 0) is 9.47 Å². The Labute approximate surface area is 158 Å². The van der Waals surface area contributed by atoms with Crippen molar-refractivity contribution in [3.05, 3.63) is 52.6 Å². The maximum atomic E-state index is 6.38. The van der Waals surface area contributed by atoms with Crippen LogP contribution in [0.25, 0.3) is 5.57 Å². The molecule has 2 saturated heterocycles. The Morgan fingerprint density at radius 2 is 2.31 bits per heavy atom. The van der Waals surface area contributed by atoms with Crippen LogP contribution < -0.4 is 5.73 Å². The minimum absolute atomic E-state index is 0.0679. The van der Waals surface area contributed by atoms with Gasteiger partial charge in [-0.3, -0.25) is 4.98 Å². The van der Waals surface area contributed by atoms with Gasteiger partial charge in [-0.15, -0.1) is 0 Å². The molecule has 1 aromatic rings. The fraction of sp³-hybridized carbons (Fsp3) is 0.368. The van der Waals surface area contributed by atoms with Crippen molar-refractivity contribution in [3.8, 4) is 0 Å². The van der Waals surface area contributed by atoms with Crippen molar-refractivity contribution in [1.29, 1.82) is 0 Å². The van der Waals surface area contributed by atoms with E-state index in [4.69, 9.17) is 15.2 Å². The van der Waals surface area contributed by atoms with Gasteiger partial charge in [-0.05, 0) is 35.8 Å². The molecule has 26 heavy (non-hydrogen) atoms. The molecule has 4 atom stereocenters. The Kier molecular flexibility index (Phi) is 5.15. The quantitative estimate of drug-likeness (QED) is 0.637. The van der Waals surface area contributed by atoms with Gasteiger partial charge in [-0.2, -0.15) is 0 Å². The minimum atomic E-state index is -0.203. The van der Waals surface area contributed by atoms with E-state index >= 15 is 0 Å². The third kappa shape index (κ3) is 3.72. The Morgan fingerprint density at radius 1 is 1.46 bits per heavy atom. The lowest BCUT2D eigenvalue weighted by Crippen LogP contribution is -2.48. The molecular formula is C19H20N3O2PS. The van der Waals surface area contributed by atoms with Crippen molar-refractivity contribution in [1.82, 2.24) is 4.98 Å². The summed E-state index contributed by atoms with van der Waals surface area (Å²) in [6.07, 6.45) is 7.18. The molecule has 2 fully saturated rings. The zero-order chi connectivity index (χ0) is 18.1. The van der Waals surface area contributed by atoms with E-state index in [-0.39, 0.29) is 17.6 Å². The first-order chi connectivity index (χ1) is 12.7. The Hall–Kier alpha value is -1.64. The van der Waals surface area contributed by atoms with Crippen LogP contribution in [0.1, 0.15) is 17.7 Å². The molecule has 0 aromatic carbocycles. The average molecular weight is 385 g/mol. The SMILES string of the molecule is COC1C(N)CC(=C2CP2)OC1Sc1cc(C)cnc1C1=CN=C=C=C1. The minimum Gasteiger partial charge on any atom is -0.481 e. The summed E-state index contributed by atoms with van der Waals surface area (Å²) in [6, 6.07) is 2.05. The van der Waals surface area contributed by atoms with Crippen molar-refractivity contribution in [2.24, 2.45) is 10.7 Å². The first-order valence-corrected chi connectivity index (χ1v) is 10.5. The zero-order valence-electron chi connectivity index (χ0n) is 14.7. The van der Waals surface area contributed by atoms with Crippen LogP contribution in [0.15, 0.2) is 51.2 Å². The van der Waals surface area contributed by atoms with E-state index in [1.807, 2.05) is 19.2 Å². The van der Waals surface area contributed by atoms with E-state index in [1.54, 1.807) is 25.1 Å².